The van der Waals surface area contributed by atoms with E-state index in [-0.39, 0.29) is 28.5 Å². The summed E-state index contributed by atoms with van der Waals surface area (Å²) in [5.74, 6) is -1.91. The van der Waals surface area contributed by atoms with Gasteiger partial charge in [0.1, 0.15) is 5.56 Å². The van der Waals surface area contributed by atoms with Crippen LogP contribution in [0.5, 0.6) is 5.75 Å². The predicted molar refractivity (Wildman–Crippen MR) is 113 cm³/mol. The molecular formula is C23H20N2O5. The molecule has 152 valence electrons. The summed E-state index contributed by atoms with van der Waals surface area (Å²) in [6.07, 6.45) is 0. The average Bonchev–Trinajstić information content (AvgIpc) is 2.76. The van der Waals surface area contributed by atoms with Crippen LogP contribution >= 0.6 is 0 Å². The molecule has 0 bridgehead atoms. The monoisotopic (exact) mass is 404 g/mol. The van der Waals surface area contributed by atoms with Gasteiger partial charge >= 0.3 is 5.97 Å². The fourth-order valence-electron chi connectivity index (χ4n) is 2.80. The summed E-state index contributed by atoms with van der Waals surface area (Å²) in [6.45, 7) is 1.81. The Labute approximate surface area is 173 Å². The van der Waals surface area contributed by atoms with Gasteiger partial charge < -0.3 is 20.5 Å². The number of phenols is 1. The summed E-state index contributed by atoms with van der Waals surface area (Å²) < 4.78 is 4.61. The van der Waals surface area contributed by atoms with E-state index in [0.717, 1.165) is 5.56 Å². The molecule has 30 heavy (non-hydrogen) atoms. The Morgan fingerprint density at radius 1 is 0.800 bits per heavy atom. The molecule has 0 heterocycles. The highest BCUT2D eigenvalue weighted by molar-refractivity contribution is 6.08. The van der Waals surface area contributed by atoms with Gasteiger partial charge in [-0.3, -0.25) is 9.59 Å². The molecule has 7 nitrogen and oxygen atoms in total. The number of para-hydroxylation sites is 1. The van der Waals surface area contributed by atoms with Crippen LogP contribution in [-0.2, 0) is 4.74 Å². The number of methoxy groups -OCH3 is 1. The number of nitrogens with one attached hydrogen (secondary N) is 2. The van der Waals surface area contributed by atoms with Gasteiger partial charge in [-0.05, 0) is 48.9 Å². The number of hydrogen-bond donors (Lipinski definition) is 3. The number of ether oxygens (including phenoxy) is 1. The Kier molecular flexibility index (Phi) is 6.12. The Morgan fingerprint density at radius 3 is 2.17 bits per heavy atom. The SMILES string of the molecule is COC(=O)c1cccc(NC(=O)c2ccc(C)c(NC(=O)c3ccccc3)c2)c1O. The quantitative estimate of drug-likeness (QED) is 0.441. The number of hydrogen-bond acceptors (Lipinski definition) is 5. The Bertz CT molecular complexity index is 1110. The summed E-state index contributed by atoms with van der Waals surface area (Å²) in [4.78, 5) is 36.8. The molecule has 0 fully saturated rings. The zero-order valence-electron chi connectivity index (χ0n) is 16.4. The van der Waals surface area contributed by atoms with E-state index in [1.54, 1.807) is 42.5 Å². The molecule has 7 heteroatoms. The molecule has 0 aliphatic heterocycles. The van der Waals surface area contributed by atoms with Crippen LogP contribution in [-0.4, -0.2) is 30.0 Å². The molecule has 2 amide bonds. The van der Waals surface area contributed by atoms with Crippen LogP contribution in [0.1, 0.15) is 36.6 Å². The lowest BCUT2D eigenvalue weighted by Crippen LogP contribution is -2.16. The van der Waals surface area contributed by atoms with E-state index in [2.05, 4.69) is 15.4 Å². The topological polar surface area (TPSA) is 105 Å². The van der Waals surface area contributed by atoms with Crippen molar-refractivity contribution in [3.8, 4) is 5.75 Å². The van der Waals surface area contributed by atoms with Gasteiger partial charge in [-0.25, -0.2) is 4.79 Å². The van der Waals surface area contributed by atoms with Crippen molar-refractivity contribution in [2.45, 2.75) is 6.92 Å². The standard InChI is InChI=1S/C23H20N2O5/c1-14-11-12-16(13-19(14)25-21(27)15-7-4-3-5-8-15)22(28)24-18-10-6-9-17(20(18)26)23(29)30-2/h3-13,26H,1-2H3,(H,24,28)(H,25,27). The third-order valence-electron chi connectivity index (χ3n) is 4.47. The minimum Gasteiger partial charge on any atom is -0.505 e. The van der Waals surface area contributed by atoms with E-state index >= 15 is 0 Å². The number of amides is 2. The highest BCUT2D eigenvalue weighted by Gasteiger charge is 2.17. The Balaban J connectivity index is 1.82. The molecule has 0 radical (unpaired) electrons. The smallest absolute Gasteiger partial charge is 0.341 e. The van der Waals surface area contributed by atoms with Crippen molar-refractivity contribution in [2.75, 3.05) is 17.7 Å². The van der Waals surface area contributed by atoms with Crippen LogP contribution in [0.4, 0.5) is 11.4 Å². The lowest BCUT2D eigenvalue weighted by Gasteiger charge is -2.12. The van der Waals surface area contributed by atoms with Crippen LogP contribution in [0.25, 0.3) is 0 Å². The molecule has 0 unspecified atom stereocenters. The van der Waals surface area contributed by atoms with Crippen LogP contribution < -0.4 is 10.6 Å². The maximum atomic E-state index is 12.7. The number of carbonyl (C=O) groups is 3. The maximum Gasteiger partial charge on any atom is 0.341 e. The molecule has 0 aliphatic rings. The minimum atomic E-state index is -0.718. The van der Waals surface area contributed by atoms with Gasteiger partial charge in [0.2, 0.25) is 0 Å². The zero-order valence-corrected chi connectivity index (χ0v) is 16.4. The van der Waals surface area contributed by atoms with Crippen LogP contribution in [0.3, 0.4) is 0 Å². The normalized spacial score (nSPS) is 10.2. The van der Waals surface area contributed by atoms with E-state index < -0.39 is 11.9 Å². The molecule has 3 aromatic carbocycles. The molecular weight excluding hydrogens is 384 g/mol. The molecule has 0 saturated heterocycles. The number of carbonyl (C=O) groups excluding carboxylic acids is 3. The van der Waals surface area contributed by atoms with Crippen molar-refractivity contribution >= 4 is 29.2 Å². The maximum absolute atomic E-state index is 12.7. The van der Waals surface area contributed by atoms with Gasteiger partial charge in [-0.15, -0.1) is 0 Å². The highest BCUT2D eigenvalue weighted by Crippen LogP contribution is 2.29. The molecule has 3 N–H and O–H groups in total. The second kappa shape index (κ2) is 8.91. The summed E-state index contributed by atoms with van der Waals surface area (Å²) in [7, 11) is 1.20. The van der Waals surface area contributed by atoms with Crippen molar-refractivity contribution in [2.24, 2.45) is 0 Å². The highest BCUT2D eigenvalue weighted by atomic mass is 16.5. The number of benzene rings is 3. The number of rotatable bonds is 5. The van der Waals surface area contributed by atoms with E-state index in [0.29, 0.717) is 11.3 Å². The summed E-state index contributed by atoms with van der Waals surface area (Å²) in [6, 6.07) is 18.0. The first kappa shape index (κ1) is 20.6. The van der Waals surface area contributed by atoms with E-state index in [9.17, 15) is 19.5 Å². The van der Waals surface area contributed by atoms with Crippen molar-refractivity contribution in [1.29, 1.82) is 0 Å². The van der Waals surface area contributed by atoms with E-state index in [4.69, 9.17) is 0 Å². The first-order valence-corrected chi connectivity index (χ1v) is 9.09. The van der Waals surface area contributed by atoms with E-state index in [1.165, 1.54) is 25.3 Å². The largest absolute Gasteiger partial charge is 0.505 e. The predicted octanol–water partition coefficient (Wildman–Crippen LogP) is 3.99. The summed E-state index contributed by atoms with van der Waals surface area (Å²) in [5.41, 5.74) is 2.05. The van der Waals surface area contributed by atoms with Gasteiger partial charge in [-0.1, -0.05) is 30.3 Å². The first-order valence-electron chi connectivity index (χ1n) is 9.09. The van der Waals surface area contributed by atoms with Crippen LogP contribution in [0.15, 0.2) is 66.7 Å². The van der Waals surface area contributed by atoms with Gasteiger partial charge in [0, 0.05) is 16.8 Å². The molecule has 0 spiro atoms. The Hall–Kier alpha value is -4.13. The minimum absolute atomic E-state index is 0.0602. The summed E-state index contributed by atoms with van der Waals surface area (Å²) in [5, 5.41) is 15.6. The number of esters is 1. The number of phenolic OH excluding ortho intramolecular Hbond substituents is 1. The number of aryl methyl sites for hydroxylation is 1. The summed E-state index contributed by atoms with van der Waals surface area (Å²) >= 11 is 0. The lowest BCUT2D eigenvalue weighted by molar-refractivity contribution is 0.0597. The second-order valence-corrected chi connectivity index (χ2v) is 6.50. The Morgan fingerprint density at radius 2 is 1.47 bits per heavy atom. The second-order valence-electron chi connectivity index (χ2n) is 6.50. The molecule has 3 rings (SSSR count). The van der Waals surface area contributed by atoms with Crippen molar-refractivity contribution in [1.82, 2.24) is 0 Å². The van der Waals surface area contributed by atoms with Gasteiger partial charge in [0.15, 0.2) is 5.75 Å². The van der Waals surface area contributed by atoms with Gasteiger partial charge in [0.25, 0.3) is 11.8 Å². The molecule has 0 aromatic heterocycles. The first-order chi connectivity index (χ1) is 14.4. The fraction of sp³-hybridized carbons (Fsp3) is 0.0870. The van der Waals surface area contributed by atoms with Crippen LogP contribution in [0.2, 0.25) is 0 Å². The van der Waals surface area contributed by atoms with Crippen molar-refractivity contribution in [3.63, 3.8) is 0 Å². The lowest BCUT2D eigenvalue weighted by atomic mass is 10.1. The van der Waals surface area contributed by atoms with Crippen molar-refractivity contribution < 1.29 is 24.2 Å². The average molecular weight is 404 g/mol. The van der Waals surface area contributed by atoms with Gasteiger partial charge in [0.05, 0.1) is 12.8 Å². The zero-order chi connectivity index (χ0) is 21.7. The van der Waals surface area contributed by atoms with Crippen LogP contribution in [0, 0.1) is 6.92 Å². The third-order valence-corrected chi connectivity index (χ3v) is 4.47. The third kappa shape index (κ3) is 4.47. The number of anilines is 2. The molecule has 3 aromatic rings. The number of aromatic hydroxyl groups is 1. The fourth-order valence-corrected chi connectivity index (χ4v) is 2.80. The molecule has 0 atom stereocenters. The van der Waals surface area contributed by atoms with E-state index in [1.807, 2.05) is 13.0 Å². The molecule has 0 aliphatic carbocycles. The van der Waals surface area contributed by atoms with Gasteiger partial charge in [-0.2, -0.15) is 0 Å². The van der Waals surface area contributed by atoms with Crippen molar-refractivity contribution in [3.05, 3.63) is 89.0 Å². The molecule has 0 saturated carbocycles.